The first-order valence-electron chi connectivity index (χ1n) is 6.09. The topological polar surface area (TPSA) is 144 Å². The van der Waals surface area contributed by atoms with Gasteiger partial charge in [-0.05, 0) is 0 Å². The SMILES string of the molecule is Bc1nc(N)nc(=O)n1C1OC(C(B)(B)O)C(O)[C@@H]1O. The maximum Gasteiger partial charge on any atom is 0.353 e. The van der Waals surface area contributed by atoms with E-state index in [4.69, 9.17) is 10.5 Å². The van der Waals surface area contributed by atoms with Crippen LogP contribution in [0.25, 0.3) is 0 Å². The second-order valence-corrected chi connectivity index (χ2v) is 5.36. The van der Waals surface area contributed by atoms with E-state index in [0.29, 0.717) is 0 Å². The fourth-order valence-electron chi connectivity index (χ4n) is 2.28. The van der Waals surface area contributed by atoms with Crippen molar-refractivity contribution in [2.75, 3.05) is 5.73 Å². The molecule has 0 aromatic carbocycles. The molecule has 1 aliphatic rings. The van der Waals surface area contributed by atoms with Gasteiger partial charge in [-0.25, -0.2) is 9.78 Å². The lowest BCUT2D eigenvalue weighted by molar-refractivity contribution is -0.0758. The molecule has 2 heterocycles. The second kappa shape index (κ2) is 4.88. The molecule has 2 rings (SSSR count). The summed E-state index contributed by atoms with van der Waals surface area (Å²) < 4.78 is 6.43. The molecule has 1 saturated heterocycles. The molecule has 0 radical (unpaired) electrons. The molecule has 1 aromatic heterocycles. The van der Waals surface area contributed by atoms with E-state index in [9.17, 15) is 20.1 Å². The lowest BCUT2D eigenvalue weighted by Gasteiger charge is -2.27. The van der Waals surface area contributed by atoms with Gasteiger partial charge in [0.1, 0.15) is 34.0 Å². The third-order valence-electron chi connectivity index (χ3n) is 3.23. The predicted octanol–water partition coefficient (Wildman–Crippen LogP) is -6.99. The van der Waals surface area contributed by atoms with Crippen LogP contribution in [0.1, 0.15) is 6.23 Å². The summed E-state index contributed by atoms with van der Waals surface area (Å²) in [6, 6.07) is 0. The van der Waals surface area contributed by atoms with Crippen molar-refractivity contribution >= 4 is 35.2 Å². The second-order valence-electron chi connectivity index (χ2n) is 5.36. The number of hydrogen-bond donors (Lipinski definition) is 4. The highest BCUT2D eigenvalue weighted by Gasteiger charge is 2.50. The summed E-state index contributed by atoms with van der Waals surface area (Å²) in [4.78, 5) is 19.1. The average molecular weight is 280 g/mol. The number of rotatable bonds is 2. The number of aliphatic hydroxyl groups excluding tert-OH is 2. The fraction of sp³-hybridized carbons (Fsp3) is 0.625. The van der Waals surface area contributed by atoms with E-state index in [0.717, 1.165) is 4.57 Å². The first-order valence-corrected chi connectivity index (χ1v) is 6.09. The van der Waals surface area contributed by atoms with Crippen LogP contribution in [0.2, 0.25) is 0 Å². The Labute approximate surface area is 117 Å². The van der Waals surface area contributed by atoms with Crippen LogP contribution in [0.3, 0.4) is 0 Å². The van der Waals surface area contributed by atoms with Crippen LogP contribution < -0.4 is 17.1 Å². The van der Waals surface area contributed by atoms with Gasteiger partial charge < -0.3 is 25.8 Å². The molecule has 0 saturated carbocycles. The third-order valence-corrected chi connectivity index (χ3v) is 3.23. The molecule has 4 atom stereocenters. The summed E-state index contributed by atoms with van der Waals surface area (Å²) >= 11 is 0. The van der Waals surface area contributed by atoms with E-state index in [-0.39, 0.29) is 11.7 Å². The normalized spacial score (nSPS) is 30.6. The first kappa shape index (κ1) is 15.0. The summed E-state index contributed by atoms with van der Waals surface area (Å²) in [6.07, 6.45) is -4.97. The molecule has 0 amide bonds. The van der Waals surface area contributed by atoms with E-state index < -0.39 is 35.6 Å². The van der Waals surface area contributed by atoms with E-state index in [1.54, 1.807) is 0 Å². The van der Waals surface area contributed by atoms with Gasteiger partial charge >= 0.3 is 5.69 Å². The van der Waals surface area contributed by atoms with Crippen molar-refractivity contribution in [3.63, 3.8) is 0 Å². The zero-order valence-electron chi connectivity index (χ0n) is 11.4. The quantitative estimate of drug-likeness (QED) is 0.391. The highest BCUT2D eigenvalue weighted by atomic mass is 16.6. The number of nitrogens with two attached hydrogens (primary N) is 1. The smallest absolute Gasteiger partial charge is 0.353 e. The van der Waals surface area contributed by atoms with Crippen LogP contribution in [0, 0.1) is 0 Å². The number of ether oxygens (including phenoxy) is 1. The molecule has 20 heavy (non-hydrogen) atoms. The molecule has 12 heteroatoms. The van der Waals surface area contributed by atoms with E-state index in [2.05, 4.69) is 9.97 Å². The maximum absolute atomic E-state index is 11.9. The number of nitrogen functional groups attached to an aromatic ring is 1. The van der Waals surface area contributed by atoms with Crippen LogP contribution >= 0.6 is 0 Å². The highest BCUT2D eigenvalue weighted by Crippen LogP contribution is 2.31. The predicted molar refractivity (Wildman–Crippen MR) is 76.8 cm³/mol. The van der Waals surface area contributed by atoms with Crippen molar-refractivity contribution in [2.24, 2.45) is 0 Å². The van der Waals surface area contributed by atoms with Crippen molar-refractivity contribution in [1.82, 2.24) is 14.5 Å². The van der Waals surface area contributed by atoms with Gasteiger partial charge in [-0.3, -0.25) is 4.57 Å². The minimum absolute atomic E-state index is 0.184. The zero-order chi connectivity index (χ0) is 15.2. The highest BCUT2D eigenvalue weighted by molar-refractivity contribution is 6.39. The Morgan fingerprint density at radius 3 is 2.35 bits per heavy atom. The average Bonchev–Trinajstić information content (AvgIpc) is 2.55. The molecular weight excluding hydrogens is 265 g/mol. The van der Waals surface area contributed by atoms with E-state index in [1.807, 2.05) is 0 Å². The zero-order valence-corrected chi connectivity index (χ0v) is 11.4. The van der Waals surface area contributed by atoms with Gasteiger partial charge in [-0.1, -0.05) is 0 Å². The Bertz CT molecular complexity index is 576. The van der Waals surface area contributed by atoms with E-state index in [1.165, 1.54) is 23.5 Å². The van der Waals surface area contributed by atoms with Gasteiger partial charge in [0.2, 0.25) is 5.95 Å². The van der Waals surface area contributed by atoms with E-state index >= 15 is 0 Å². The maximum atomic E-state index is 11.9. The van der Waals surface area contributed by atoms with Gasteiger partial charge in [0.05, 0.1) is 5.72 Å². The molecule has 0 aliphatic carbocycles. The fourth-order valence-corrected chi connectivity index (χ4v) is 2.28. The summed E-state index contributed by atoms with van der Waals surface area (Å²) in [5, 5.41) is 28.5. The van der Waals surface area contributed by atoms with Gasteiger partial charge in [-0.2, -0.15) is 4.98 Å². The van der Waals surface area contributed by atoms with Crippen molar-refractivity contribution in [3.05, 3.63) is 10.5 Å². The Kier molecular flexibility index (Phi) is 3.67. The number of aromatic nitrogens is 3. The molecule has 106 valence electrons. The Morgan fingerprint density at radius 2 is 1.90 bits per heavy atom. The monoisotopic (exact) mass is 280 g/mol. The van der Waals surface area contributed by atoms with Crippen molar-refractivity contribution in [1.29, 1.82) is 0 Å². The molecule has 0 bridgehead atoms. The van der Waals surface area contributed by atoms with Crippen LogP contribution in [0.15, 0.2) is 4.79 Å². The lowest BCUT2D eigenvalue weighted by Crippen LogP contribution is -2.50. The minimum Gasteiger partial charge on any atom is -0.405 e. The van der Waals surface area contributed by atoms with Crippen LogP contribution in [-0.2, 0) is 4.74 Å². The third kappa shape index (κ3) is 2.47. The molecule has 3 unspecified atom stereocenters. The summed E-state index contributed by atoms with van der Waals surface area (Å²) in [5.41, 5.74) is 4.80. The van der Waals surface area contributed by atoms with Gasteiger partial charge in [-0.15, -0.1) is 0 Å². The van der Waals surface area contributed by atoms with Gasteiger partial charge in [0.15, 0.2) is 14.1 Å². The molecule has 0 spiro atoms. The van der Waals surface area contributed by atoms with Gasteiger partial charge in [0.25, 0.3) is 0 Å². The Hall–Kier alpha value is -1.36. The molecule has 1 aromatic rings. The van der Waals surface area contributed by atoms with Crippen LogP contribution in [-0.4, -0.2) is 77.1 Å². The molecule has 1 aliphatic heterocycles. The molecule has 9 nitrogen and oxygen atoms in total. The number of anilines is 1. The number of aliphatic hydroxyl groups is 3. The summed E-state index contributed by atoms with van der Waals surface area (Å²) in [7, 11) is 4.37. The summed E-state index contributed by atoms with van der Waals surface area (Å²) in [6.45, 7) is 0. The lowest BCUT2D eigenvalue weighted by atomic mass is 9.61. The van der Waals surface area contributed by atoms with Crippen molar-refractivity contribution < 1.29 is 20.1 Å². The Balaban J connectivity index is 2.43. The van der Waals surface area contributed by atoms with Crippen LogP contribution in [0.5, 0.6) is 0 Å². The standard InChI is InChI=1S/C8H15B3N4O5/c9-5-13-6(12)14-7(18)15(5)4-2(17)1(16)3(20-4)8(10,11)19/h1-4,16-17,19H,9-11H2,(H2,12,14,18)/t1?,2-,3?,4?/m0/s1. The van der Waals surface area contributed by atoms with Crippen molar-refractivity contribution in [2.45, 2.75) is 29.9 Å². The number of hydrogen-bond acceptors (Lipinski definition) is 8. The molecular formula is C8H15B3N4O5. The largest absolute Gasteiger partial charge is 0.405 e. The Morgan fingerprint density at radius 1 is 1.30 bits per heavy atom. The summed E-state index contributed by atoms with van der Waals surface area (Å²) in [5.74, 6) is -0.184. The number of nitrogens with zero attached hydrogens (tertiary/aromatic N) is 3. The first-order chi connectivity index (χ1) is 9.12. The van der Waals surface area contributed by atoms with Gasteiger partial charge in [0, 0.05) is 5.40 Å². The molecule has 1 fully saturated rings. The van der Waals surface area contributed by atoms with Crippen LogP contribution in [0.4, 0.5) is 5.95 Å². The minimum atomic E-state index is -1.39. The molecule has 5 N–H and O–H groups in total. The van der Waals surface area contributed by atoms with Crippen molar-refractivity contribution in [3.8, 4) is 0 Å².